The molecule has 1 saturated heterocycles. The number of nitrogens with one attached hydrogen (secondary N) is 1. The van der Waals surface area contributed by atoms with E-state index in [1.807, 2.05) is 31.0 Å². The van der Waals surface area contributed by atoms with Gasteiger partial charge in [-0.1, -0.05) is 6.92 Å². The number of rotatable bonds is 4. The van der Waals surface area contributed by atoms with Crippen LogP contribution in [0.15, 0.2) is 18.3 Å². The van der Waals surface area contributed by atoms with Gasteiger partial charge in [-0.25, -0.2) is 0 Å². The van der Waals surface area contributed by atoms with Crippen LogP contribution >= 0.6 is 24.8 Å². The third-order valence-electron chi connectivity index (χ3n) is 3.41. The van der Waals surface area contributed by atoms with Gasteiger partial charge in [-0.3, -0.25) is 4.79 Å². The highest BCUT2D eigenvalue weighted by Gasteiger charge is 2.24. The van der Waals surface area contributed by atoms with Gasteiger partial charge in [0.15, 0.2) is 5.82 Å². The number of carbonyl (C=O) groups excluding carboxylic acids is 1. The molecule has 0 radical (unpaired) electrons. The van der Waals surface area contributed by atoms with Gasteiger partial charge in [0.1, 0.15) is 0 Å². The summed E-state index contributed by atoms with van der Waals surface area (Å²) in [6.45, 7) is 5.83. The monoisotopic (exact) mass is 335 g/mol. The van der Waals surface area contributed by atoms with E-state index in [1.54, 1.807) is 6.20 Å². The van der Waals surface area contributed by atoms with Gasteiger partial charge < -0.3 is 15.1 Å². The largest absolute Gasteiger partial charge is 0.352 e. The zero-order valence-electron chi connectivity index (χ0n) is 12.4. The molecule has 0 aromatic carbocycles. The Labute approximate surface area is 138 Å². The minimum Gasteiger partial charge on any atom is -0.352 e. The second-order valence-electron chi connectivity index (χ2n) is 4.85. The van der Waals surface area contributed by atoms with E-state index in [2.05, 4.69) is 20.4 Å². The van der Waals surface area contributed by atoms with Gasteiger partial charge in [-0.15, -0.1) is 29.9 Å². The highest BCUT2D eigenvalue weighted by atomic mass is 35.5. The van der Waals surface area contributed by atoms with Crippen molar-refractivity contribution in [2.45, 2.75) is 6.92 Å². The highest BCUT2D eigenvalue weighted by molar-refractivity contribution is 5.85. The van der Waals surface area contributed by atoms with Crippen LogP contribution in [0.4, 0.5) is 5.82 Å². The van der Waals surface area contributed by atoms with E-state index in [0.717, 1.165) is 38.5 Å². The number of nitrogens with zero attached hydrogens (tertiary/aromatic N) is 4. The van der Waals surface area contributed by atoms with Gasteiger partial charge in [-0.05, 0) is 19.2 Å². The fourth-order valence-corrected chi connectivity index (χ4v) is 2.32. The van der Waals surface area contributed by atoms with Gasteiger partial charge >= 0.3 is 0 Å². The molecule has 1 aromatic heterocycles. The molecule has 1 fully saturated rings. The number of carbonyl (C=O) groups is 1. The minimum absolute atomic E-state index is 0. The fourth-order valence-electron chi connectivity index (χ4n) is 2.32. The number of hydrogen-bond donors (Lipinski definition) is 1. The van der Waals surface area contributed by atoms with Crippen molar-refractivity contribution in [1.29, 1.82) is 0 Å². The zero-order valence-corrected chi connectivity index (χ0v) is 14.0. The van der Waals surface area contributed by atoms with E-state index in [9.17, 15) is 4.79 Å². The number of halogens is 2. The topological polar surface area (TPSA) is 61.4 Å². The second-order valence-corrected chi connectivity index (χ2v) is 4.85. The molecule has 0 saturated carbocycles. The Kier molecular flexibility index (Phi) is 9.24. The molecule has 6 nitrogen and oxygen atoms in total. The maximum atomic E-state index is 12.2. The predicted octanol–water partition coefficient (Wildman–Crippen LogP) is 0.824. The summed E-state index contributed by atoms with van der Waals surface area (Å²) >= 11 is 0. The first-order valence-electron chi connectivity index (χ1n) is 6.68. The van der Waals surface area contributed by atoms with Crippen molar-refractivity contribution < 1.29 is 4.79 Å². The van der Waals surface area contributed by atoms with Gasteiger partial charge in [-0.2, -0.15) is 5.10 Å². The Morgan fingerprint density at radius 3 is 2.52 bits per heavy atom. The number of hydrogen-bond acceptors (Lipinski definition) is 5. The van der Waals surface area contributed by atoms with Crippen LogP contribution in [0.2, 0.25) is 0 Å². The summed E-state index contributed by atoms with van der Waals surface area (Å²) in [4.78, 5) is 16.3. The van der Waals surface area contributed by atoms with E-state index < -0.39 is 0 Å². The summed E-state index contributed by atoms with van der Waals surface area (Å²) in [5.41, 5.74) is 0. The quantitative estimate of drug-likeness (QED) is 0.882. The van der Waals surface area contributed by atoms with Crippen LogP contribution in [0, 0.1) is 5.92 Å². The molecular weight excluding hydrogens is 313 g/mol. The van der Waals surface area contributed by atoms with E-state index >= 15 is 0 Å². The van der Waals surface area contributed by atoms with Crippen molar-refractivity contribution in [2.24, 2.45) is 5.92 Å². The summed E-state index contributed by atoms with van der Waals surface area (Å²) in [6, 6.07) is 3.84. The van der Waals surface area contributed by atoms with E-state index in [-0.39, 0.29) is 36.6 Å². The molecule has 0 spiro atoms. The molecule has 21 heavy (non-hydrogen) atoms. The molecule has 0 aliphatic carbocycles. The number of piperazine rings is 1. The van der Waals surface area contributed by atoms with Crippen LogP contribution in [0.25, 0.3) is 0 Å². The Morgan fingerprint density at radius 2 is 2.00 bits per heavy atom. The molecular formula is C13H23Cl2N5O. The molecule has 1 amide bonds. The SMILES string of the molecule is CNCC(C)C(=O)N1CCN(c2cccnn2)CC1.Cl.Cl. The summed E-state index contributed by atoms with van der Waals surface area (Å²) in [7, 11) is 1.87. The highest BCUT2D eigenvalue weighted by Crippen LogP contribution is 2.13. The lowest BCUT2D eigenvalue weighted by Gasteiger charge is -2.36. The Balaban J connectivity index is 0.00000200. The number of aromatic nitrogens is 2. The molecule has 1 aliphatic heterocycles. The summed E-state index contributed by atoms with van der Waals surface area (Å²) in [6.07, 6.45) is 1.67. The lowest BCUT2D eigenvalue weighted by Crippen LogP contribution is -2.51. The molecule has 1 N–H and O–H groups in total. The smallest absolute Gasteiger partial charge is 0.226 e. The summed E-state index contributed by atoms with van der Waals surface area (Å²) in [5, 5.41) is 11.0. The first kappa shape index (κ1) is 19.9. The average molecular weight is 336 g/mol. The van der Waals surface area contributed by atoms with Crippen molar-refractivity contribution in [2.75, 3.05) is 44.7 Å². The molecule has 2 rings (SSSR count). The van der Waals surface area contributed by atoms with Gasteiger partial charge in [0.2, 0.25) is 5.91 Å². The number of anilines is 1. The van der Waals surface area contributed by atoms with Crippen LogP contribution in [-0.4, -0.2) is 60.8 Å². The summed E-state index contributed by atoms with van der Waals surface area (Å²) in [5.74, 6) is 1.15. The maximum absolute atomic E-state index is 12.2. The minimum atomic E-state index is 0. The fraction of sp³-hybridized carbons (Fsp3) is 0.615. The van der Waals surface area contributed by atoms with Crippen molar-refractivity contribution in [3.05, 3.63) is 18.3 Å². The lowest BCUT2D eigenvalue weighted by molar-refractivity contribution is -0.135. The van der Waals surface area contributed by atoms with Crippen LogP contribution < -0.4 is 10.2 Å². The van der Waals surface area contributed by atoms with Gasteiger partial charge in [0, 0.05) is 44.8 Å². The first-order chi connectivity index (χ1) is 9.22. The first-order valence-corrected chi connectivity index (χ1v) is 6.68. The van der Waals surface area contributed by atoms with Crippen molar-refractivity contribution in [3.8, 4) is 0 Å². The predicted molar refractivity (Wildman–Crippen MR) is 88.4 cm³/mol. The standard InChI is InChI=1S/C13H21N5O.2ClH/c1-11(10-14-2)13(19)18-8-6-17(7-9-18)12-4-3-5-15-16-12;;/h3-5,11,14H,6-10H2,1-2H3;2*1H. The Morgan fingerprint density at radius 1 is 1.33 bits per heavy atom. The Hall–Kier alpha value is -1.11. The van der Waals surface area contributed by atoms with Gasteiger partial charge in [0.05, 0.1) is 0 Å². The van der Waals surface area contributed by atoms with Crippen LogP contribution in [0.5, 0.6) is 0 Å². The van der Waals surface area contributed by atoms with E-state index in [4.69, 9.17) is 0 Å². The molecule has 0 bridgehead atoms. The molecule has 8 heteroatoms. The maximum Gasteiger partial charge on any atom is 0.226 e. The van der Waals surface area contributed by atoms with E-state index in [1.165, 1.54) is 0 Å². The van der Waals surface area contributed by atoms with Gasteiger partial charge in [0.25, 0.3) is 0 Å². The molecule has 120 valence electrons. The Bertz CT molecular complexity index is 412. The lowest BCUT2D eigenvalue weighted by atomic mass is 10.1. The van der Waals surface area contributed by atoms with Crippen LogP contribution in [0.1, 0.15) is 6.92 Å². The second kappa shape index (κ2) is 9.76. The normalized spacial score (nSPS) is 15.7. The van der Waals surface area contributed by atoms with Crippen molar-refractivity contribution in [1.82, 2.24) is 20.4 Å². The summed E-state index contributed by atoms with van der Waals surface area (Å²) < 4.78 is 0. The van der Waals surface area contributed by atoms with E-state index in [0.29, 0.717) is 0 Å². The third kappa shape index (κ3) is 5.30. The third-order valence-corrected chi connectivity index (χ3v) is 3.41. The van der Waals surface area contributed by atoms with Crippen molar-refractivity contribution >= 4 is 36.5 Å². The van der Waals surface area contributed by atoms with Crippen LogP contribution in [-0.2, 0) is 4.79 Å². The van der Waals surface area contributed by atoms with Crippen LogP contribution in [0.3, 0.4) is 0 Å². The molecule has 1 aromatic rings. The number of amides is 1. The van der Waals surface area contributed by atoms with Crippen molar-refractivity contribution in [3.63, 3.8) is 0 Å². The molecule has 1 aliphatic rings. The molecule has 1 unspecified atom stereocenters. The zero-order chi connectivity index (χ0) is 13.7. The molecule has 2 heterocycles. The average Bonchev–Trinajstić information content (AvgIpc) is 2.48. The molecule has 1 atom stereocenters.